The molecule has 0 aromatic rings. The fourth-order valence-electron chi connectivity index (χ4n) is 1.12. The van der Waals surface area contributed by atoms with Crippen molar-refractivity contribution in [1.82, 2.24) is 10.6 Å². The first kappa shape index (κ1) is 16.1. The number of esters is 1. The first-order valence-electron chi connectivity index (χ1n) is 5.74. The third-order valence-electron chi connectivity index (χ3n) is 2.07. The Morgan fingerprint density at radius 2 is 2.18 bits per heavy atom. The first-order chi connectivity index (χ1) is 8.15. The summed E-state index contributed by atoms with van der Waals surface area (Å²) in [6, 6.07) is 0. The summed E-state index contributed by atoms with van der Waals surface area (Å²) in [6.45, 7) is 5.91. The van der Waals surface area contributed by atoms with Crippen molar-refractivity contribution >= 4 is 23.7 Å². The number of ether oxygens (including phenoxy) is 1. The molecule has 1 unspecified atom stereocenters. The number of rotatable bonds is 7. The number of nitrogens with one attached hydrogen (secondary N) is 2. The second-order valence-electron chi connectivity index (χ2n) is 3.56. The maximum absolute atomic E-state index is 11.2. The number of carbonyl (C=O) groups is 1. The normalized spacial score (nSPS) is 13.1. The maximum Gasteiger partial charge on any atom is 0.310 e. The standard InChI is InChI=1S/C11H23N3O2S/c1-5-12-11(13-6-7-17-4)14-8-9(2)10(15)16-3/h9H,5-8H2,1-4H3,(H2,12,13,14). The highest BCUT2D eigenvalue weighted by Gasteiger charge is 2.12. The third kappa shape index (κ3) is 7.90. The van der Waals surface area contributed by atoms with Crippen LogP contribution in [0.4, 0.5) is 0 Å². The number of methoxy groups -OCH3 is 1. The lowest BCUT2D eigenvalue weighted by Gasteiger charge is -2.12. The summed E-state index contributed by atoms with van der Waals surface area (Å²) in [5.41, 5.74) is 0. The smallest absolute Gasteiger partial charge is 0.310 e. The van der Waals surface area contributed by atoms with Crippen molar-refractivity contribution in [3.8, 4) is 0 Å². The zero-order chi connectivity index (χ0) is 13.1. The predicted molar refractivity (Wildman–Crippen MR) is 73.5 cm³/mol. The molecule has 0 aromatic heterocycles. The van der Waals surface area contributed by atoms with Crippen LogP contribution in [0.15, 0.2) is 4.99 Å². The minimum atomic E-state index is -0.228. The highest BCUT2D eigenvalue weighted by molar-refractivity contribution is 7.98. The van der Waals surface area contributed by atoms with Crippen molar-refractivity contribution in [2.45, 2.75) is 13.8 Å². The summed E-state index contributed by atoms with van der Waals surface area (Å²) in [7, 11) is 1.39. The van der Waals surface area contributed by atoms with Gasteiger partial charge >= 0.3 is 5.97 Å². The minimum Gasteiger partial charge on any atom is -0.469 e. The summed E-state index contributed by atoms with van der Waals surface area (Å²) in [5, 5.41) is 6.33. The van der Waals surface area contributed by atoms with Crippen molar-refractivity contribution in [1.29, 1.82) is 0 Å². The molecule has 0 aliphatic carbocycles. The SMILES string of the molecule is CCNC(=NCC(C)C(=O)OC)NCCSC. The van der Waals surface area contributed by atoms with E-state index in [0.29, 0.717) is 6.54 Å². The van der Waals surface area contributed by atoms with E-state index in [1.54, 1.807) is 18.7 Å². The van der Waals surface area contributed by atoms with Crippen molar-refractivity contribution in [2.75, 3.05) is 38.8 Å². The van der Waals surface area contributed by atoms with Gasteiger partial charge in [-0.2, -0.15) is 11.8 Å². The zero-order valence-corrected chi connectivity index (χ0v) is 11.9. The Hall–Kier alpha value is -0.910. The largest absolute Gasteiger partial charge is 0.469 e. The highest BCUT2D eigenvalue weighted by atomic mass is 32.2. The second-order valence-corrected chi connectivity index (χ2v) is 4.55. The van der Waals surface area contributed by atoms with Gasteiger partial charge < -0.3 is 15.4 Å². The molecule has 0 saturated heterocycles. The van der Waals surface area contributed by atoms with Gasteiger partial charge in [-0.25, -0.2) is 0 Å². The first-order valence-corrected chi connectivity index (χ1v) is 7.14. The van der Waals surface area contributed by atoms with Gasteiger partial charge in [0.1, 0.15) is 0 Å². The lowest BCUT2D eigenvalue weighted by molar-refractivity contribution is -0.144. The van der Waals surface area contributed by atoms with Crippen LogP contribution in [0.25, 0.3) is 0 Å². The summed E-state index contributed by atoms with van der Waals surface area (Å²) in [6.07, 6.45) is 2.06. The van der Waals surface area contributed by atoms with Crippen LogP contribution in [0.5, 0.6) is 0 Å². The molecule has 2 N–H and O–H groups in total. The van der Waals surface area contributed by atoms with E-state index in [9.17, 15) is 4.79 Å². The van der Waals surface area contributed by atoms with Gasteiger partial charge in [-0.3, -0.25) is 9.79 Å². The molecule has 0 amide bonds. The molecular weight excluding hydrogens is 238 g/mol. The van der Waals surface area contributed by atoms with Crippen molar-refractivity contribution in [2.24, 2.45) is 10.9 Å². The minimum absolute atomic E-state index is 0.212. The molecule has 0 spiro atoms. The van der Waals surface area contributed by atoms with Crippen LogP contribution >= 0.6 is 11.8 Å². The third-order valence-corrected chi connectivity index (χ3v) is 2.68. The van der Waals surface area contributed by atoms with E-state index < -0.39 is 0 Å². The predicted octanol–water partition coefficient (Wildman–Crippen LogP) is 0.714. The number of aliphatic imine (C=N–C) groups is 1. The van der Waals surface area contributed by atoms with E-state index in [2.05, 4.69) is 26.6 Å². The summed E-state index contributed by atoms with van der Waals surface area (Å²) >= 11 is 1.78. The fourth-order valence-corrected chi connectivity index (χ4v) is 1.42. The number of carbonyl (C=O) groups excluding carboxylic acids is 1. The molecule has 0 aromatic carbocycles. The molecule has 0 fully saturated rings. The van der Waals surface area contributed by atoms with Gasteiger partial charge in [0, 0.05) is 18.8 Å². The molecule has 6 heteroatoms. The quantitative estimate of drug-likeness (QED) is 0.306. The van der Waals surface area contributed by atoms with Crippen LogP contribution < -0.4 is 10.6 Å². The van der Waals surface area contributed by atoms with Gasteiger partial charge in [0.25, 0.3) is 0 Å². The topological polar surface area (TPSA) is 62.7 Å². The lowest BCUT2D eigenvalue weighted by Crippen LogP contribution is -2.39. The molecule has 0 aliphatic rings. The Kier molecular flexibility index (Phi) is 9.71. The number of thioether (sulfide) groups is 1. The average Bonchev–Trinajstić information content (AvgIpc) is 2.34. The molecular formula is C11H23N3O2S. The molecule has 0 radical (unpaired) electrons. The van der Waals surface area contributed by atoms with Gasteiger partial charge in [-0.1, -0.05) is 6.92 Å². The molecule has 5 nitrogen and oxygen atoms in total. The van der Waals surface area contributed by atoms with Gasteiger partial charge in [0.15, 0.2) is 5.96 Å². The summed E-state index contributed by atoms with van der Waals surface area (Å²) < 4.78 is 4.65. The zero-order valence-electron chi connectivity index (χ0n) is 11.1. The van der Waals surface area contributed by atoms with Crippen LogP contribution in [0.3, 0.4) is 0 Å². The van der Waals surface area contributed by atoms with E-state index in [0.717, 1.165) is 24.8 Å². The number of hydrogen-bond acceptors (Lipinski definition) is 4. The van der Waals surface area contributed by atoms with Crippen molar-refractivity contribution in [3.63, 3.8) is 0 Å². The van der Waals surface area contributed by atoms with E-state index in [4.69, 9.17) is 0 Å². The van der Waals surface area contributed by atoms with Crippen LogP contribution in [0, 0.1) is 5.92 Å². The van der Waals surface area contributed by atoms with Crippen molar-refractivity contribution < 1.29 is 9.53 Å². The van der Waals surface area contributed by atoms with E-state index in [-0.39, 0.29) is 11.9 Å². The Balaban J connectivity index is 4.13. The van der Waals surface area contributed by atoms with E-state index >= 15 is 0 Å². The molecule has 0 bridgehead atoms. The average molecular weight is 261 g/mol. The summed E-state index contributed by atoms with van der Waals surface area (Å²) in [4.78, 5) is 15.5. The molecule has 17 heavy (non-hydrogen) atoms. The lowest BCUT2D eigenvalue weighted by atomic mass is 10.2. The fraction of sp³-hybridized carbons (Fsp3) is 0.818. The van der Waals surface area contributed by atoms with Gasteiger partial charge in [0.2, 0.25) is 0 Å². The second kappa shape index (κ2) is 10.3. The van der Waals surface area contributed by atoms with Crippen molar-refractivity contribution in [3.05, 3.63) is 0 Å². The van der Waals surface area contributed by atoms with Crippen LogP contribution in [0.1, 0.15) is 13.8 Å². The van der Waals surface area contributed by atoms with Gasteiger partial charge in [0.05, 0.1) is 19.6 Å². The molecule has 1 atom stereocenters. The number of guanidine groups is 1. The Bertz CT molecular complexity index is 247. The molecule has 0 saturated carbocycles. The number of hydrogen-bond donors (Lipinski definition) is 2. The maximum atomic E-state index is 11.2. The van der Waals surface area contributed by atoms with E-state index in [1.807, 2.05) is 6.92 Å². The van der Waals surface area contributed by atoms with E-state index in [1.165, 1.54) is 7.11 Å². The molecule has 100 valence electrons. The molecule has 0 aliphatic heterocycles. The van der Waals surface area contributed by atoms with Crippen LogP contribution in [-0.4, -0.2) is 50.7 Å². The van der Waals surface area contributed by atoms with Crippen LogP contribution in [-0.2, 0) is 9.53 Å². The monoisotopic (exact) mass is 261 g/mol. The van der Waals surface area contributed by atoms with Gasteiger partial charge in [-0.15, -0.1) is 0 Å². The van der Waals surface area contributed by atoms with Crippen LogP contribution in [0.2, 0.25) is 0 Å². The molecule has 0 rings (SSSR count). The Morgan fingerprint density at radius 1 is 1.47 bits per heavy atom. The highest BCUT2D eigenvalue weighted by Crippen LogP contribution is 1.98. The Labute approximate surface area is 108 Å². The molecule has 0 heterocycles. The Morgan fingerprint density at radius 3 is 2.71 bits per heavy atom. The summed E-state index contributed by atoms with van der Waals surface area (Å²) in [5.74, 6) is 1.33. The van der Waals surface area contributed by atoms with Gasteiger partial charge in [-0.05, 0) is 13.2 Å². The number of nitrogens with zero attached hydrogens (tertiary/aromatic N) is 1.